The highest BCUT2D eigenvalue weighted by Gasteiger charge is 2.15. The quantitative estimate of drug-likeness (QED) is 0.708. The van der Waals surface area contributed by atoms with E-state index in [1.54, 1.807) is 5.01 Å². The summed E-state index contributed by atoms with van der Waals surface area (Å²) < 4.78 is 5.10. The molecule has 0 saturated carbocycles. The molecule has 1 N–H and O–H groups in total. The van der Waals surface area contributed by atoms with Crippen LogP contribution >= 0.6 is 0 Å². The van der Waals surface area contributed by atoms with Gasteiger partial charge in [0, 0.05) is 13.1 Å². The number of hydrogen-bond acceptors (Lipinski definition) is 3. The second-order valence-corrected chi connectivity index (χ2v) is 3.59. The lowest BCUT2D eigenvalue weighted by Crippen LogP contribution is -2.42. The van der Waals surface area contributed by atoms with Gasteiger partial charge in [-0.25, -0.2) is 15.2 Å². The molecule has 1 rings (SSSR count). The maximum atomic E-state index is 11.5. The van der Waals surface area contributed by atoms with Crippen LogP contribution in [0.1, 0.15) is 39.0 Å². The molecule has 0 aliphatic carbocycles. The van der Waals surface area contributed by atoms with Crippen LogP contribution in [0.15, 0.2) is 0 Å². The van der Waals surface area contributed by atoms with Crippen LogP contribution in [0, 0.1) is 0 Å². The van der Waals surface area contributed by atoms with Gasteiger partial charge in [-0.2, -0.15) is 0 Å². The van der Waals surface area contributed by atoms with Gasteiger partial charge in [0.1, 0.15) is 0 Å². The molecular formula is C10H20N2O2. The van der Waals surface area contributed by atoms with Crippen LogP contribution in [-0.2, 0) is 4.74 Å². The molecular weight excluding hydrogens is 180 g/mol. The summed E-state index contributed by atoms with van der Waals surface area (Å²) in [5, 5.41) is 1.60. The first-order valence-corrected chi connectivity index (χ1v) is 5.52. The Hall–Kier alpha value is -0.770. The highest BCUT2D eigenvalue weighted by atomic mass is 16.6. The average Bonchev–Trinajstić information content (AvgIpc) is 2.46. The highest BCUT2D eigenvalue weighted by molar-refractivity contribution is 5.66. The van der Waals surface area contributed by atoms with Crippen LogP contribution in [-0.4, -0.2) is 30.8 Å². The number of nitrogens with one attached hydrogen (secondary N) is 1. The Morgan fingerprint density at radius 3 is 3.07 bits per heavy atom. The third-order valence-corrected chi connectivity index (χ3v) is 2.30. The maximum absolute atomic E-state index is 11.5. The lowest BCUT2D eigenvalue weighted by atomic mass is 10.2. The highest BCUT2D eigenvalue weighted by Crippen LogP contribution is 2.03. The summed E-state index contributed by atoms with van der Waals surface area (Å²) in [5.74, 6) is 0. The van der Waals surface area contributed by atoms with Gasteiger partial charge >= 0.3 is 6.09 Å². The number of carbonyl (C=O) groups is 1. The van der Waals surface area contributed by atoms with E-state index in [1.807, 2.05) is 0 Å². The topological polar surface area (TPSA) is 41.6 Å². The van der Waals surface area contributed by atoms with Gasteiger partial charge in [-0.3, -0.25) is 0 Å². The predicted octanol–water partition coefficient (Wildman–Crippen LogP) is 1.91. The summed E-state index contributed by atoms with van der Waals surface area (Å²) in [7, 11) is 0. The molecule has 0 atom stereocenters. The molecule has 0 bridgehead atoms. The number of hydrazine groups is 1. The van der Waals surface area contributed by atoms with E-state index in [-0.39, 0.29) is 6.09 Å². The summed E-state index contributed by atoms with van der Waals surface area (Å²) in [6.07, 6.45) is 5.17. The van der Waals surface area contributed by atoms with Crippen molar-refractivity contribution in [1.29, 1.82) is 0 Å². The largest absolute Gasteiger partial charge is 0.448 e. The molecule has 0 unspecified atom stereocenters. The molecule has 4 heteroatoms. The standard InChI is InChI=1S/C10H20N2O2/c1-2-3-9-14-10(13)12-8-6-4-5-7-11-12/h11H,2-9H2,1H3. The van der Waals surface area contributed by atoms with Crippen LogP contribution in [0.25, 0.3) is 0 Å². The molecule has 1 fully saturated rings. The molecule has 0 aromatic heterocycles. The van der Waals surface area contributed by atoms with E-state index < -0.39 is 0 Å². The van der Waals surface area contributed by atoms with Crippen molar-refractivity contribution in [2.24, 2.45) is 0 Å². The number of rotatable bonds is 3. The number of nitrogens with zero attached hydrogens (tertiary/aromatic N) is 1. The summed E-state index contributed by atoms with van der Waals surface area (Å²) in [6, 6.07) is 0. The predicted molar refractivity (Wildman–Crippen MR) is 54.8 cm³/mol. The molecule has 82 valence electrons. The van der Waals surface area contributed by atoms with E-state index in [9.17, 15) is 4.79 Å². The first kappa shape index (κ1) is 11.3. The van der Waals surface area contributed by atoms with E-state index in [0.29, 0.717) is 6.61 Å². The molecule has 4 nitrogen and oxygen atoms in total. The fourth-order valence-electron chi connectivity index (χ4n) is 1.40. The molecule has 0 aromatic rings. The zero-order valence-electron chi connectivity index (χ0n) is 8.92. The first-order valence-electron chi connectivity index (χ1n) is 5.52. The Balaban J connectivity index is 2.20. The minimum absolute atomic E-state index is 0.222. The fourth-order valence-corrected chi connectivity index (χ4v) is 1.40. The minimum atomic E-state index is -0.222. The van der Waals surface area contributed by atoms with Crippen molar-refractivity contribution in [3.8, 4) is 0 Å². The Bertz CT molecular complexity index is 166. The van der Waals surface area contributed by atoms with E-state index >= 15 is 0 Å². The van der Waals surface area contributed by atoms with Crippen molar-refractivity contribution in [2.75, 3.05) is 19.7 Å². The van der Waals surface area contributed by atoms with Gasteiger partial charge in [-0.05, 0) is 19.3 Å². The normalized spacial score (nSPS) is 17.6. The van der Waals surface area contributed by atoms with Gasteiger partial charge in [0.2, 0.25) is 0 Å². The third kappa shape index (κ3) is 3.96. The van der Waals surface area contributed by atoms with Crippen molar-refractivity contribution >= 4 is 6.09 Å². The number of amides is 1. The number of unbranched alkanes of at least 4 members (excludes halogenated alkanes) is 1. The third-order valence-electron chi connectivity index (χ3n) is 2.30. The van der Waals surface area contributed by atoms with Gasteiger partial charge in [0.15, 0.2) is 0 Å². The smallest absolute Gasteiger partial charge is 0.424 e. The van der Waals surface area contributed by atoms with Gasteiger partial charge in [-0.15, -0.1) is 0 Å². The van der Waals surface area contributed by atoms with Crippen molar-refractivity contribution in [2.45, 2.75) is 39.0 Å². The maximum Gasteiger partial charge on any atom is 0.424 e. The van der Waals surface area contributed by atoms with Crippen molar-refractivity contribution < 1.29 is 9.53 Å². The Morgan fingerprint density at radius 1 is 1.43 bits per heavy atom. The second-order valence-electron chi connectivity index (χ2n) is 3.59. The van der Waals surface area contributed by atoms with Gasteiger partial charge in [-0.1, -0.05) is 19.8 Å². The number of carbonyl (C=O) groups excluding carboxylic acids is 1. The molecule has 1 saturated heterocycles. The van der Waals surface area contributed by atoms with Crippen molar-refractivity contribution in [3.63, 3.8) is 0 Å². The number of hydrogen-bond donors (Lipinski definition) is 1. The summed E-state index contributed by atoms with van der Waals surface area (Å²) >= 11 is 0. The van der Waals surface area contributed by atoms with E-state index in [1.165, 1.54) is 6.42 Å². The van der Waals surface area contributed by atoms with Crippen molar-refractivity contribution in [1.82, 2.24) is 10.4 Å². The summed E-state index contributed by atoms with van der Waals surface area (Å²) in [4.78, 5) is 11.5. The molecule has 1 amide bonds. The molecule has 0 aromatic carbocycles. The number of ether oxygens (including phenoxy) is 1. The van der Waals surface area contributed by atoms with Crippen molar-refractivity contribution in [3.05, 3.63) is 0 Å². The summed E-state index contributed by atoms with van der Waals surface area (Å²) in [5.41, 5.74) is 3.07. The molecule has 0 radical (unpaired) electrons. The van der Waals surface area contributed by atoms with Crippen LogP contribution in [0.4, 0.5) is 4.79 Å². The Morgan fingerprint density at radius 2 is 2.29 bits per heavy atom. The molecule has 1 aliphatic rings. The molecule has 1 aliphatic heterocycles. The Labute approximate surface area is 85.6 Å². The minimum Gasteiger partial charge on any atom is -0.448 e. The summed E-state index contributed by atoms with van der Waals surface area (Å²) in [6.45, 7) is 4.26. The van der Waals surface area contributed by atoms with E-state index in [0.717, 1.165) is 38.8 Å². The van der Waals surface area contributed by atoms with E-state index in [2.05, 4.69) is 12.3 Å². The molecule has 0 spiro atoms. The van der Waals surface area contributed by atoms with Crippen LogP contribution < -0.4 is 5.43 Å². The van der Waals surface area contributed by atoms with Crippen LogP contribution in [0.3, 0.4) is 0 Å². The zero-order chi connectivity index (χ0) is 10.2. The fraction of sp³-hybridized carbons (Fsp3) is 0.900. The van der Waals surface area contributed by atoms with Crippen LogP contribution in [0.5, 0.6) is 0 Å². The monoisotopic (exact) mass is 200 g/mol. The SMILES string of the molecule is CCCCOC(=O)N1CCCCCN1. The van der Waals surface area contributed by atoms with Gasteiger partial charge < -0.3 is 4.74 Å². The van der Waals surface area contributed by atoms with Gasteiger partial charge in [0.25, 0.3) is 0 Å². The first-order chi connectivity index (χ1) is 6.84. The molecule has 14 heavy (non-hydrogen) atoms. The Kier molecular flexibility index (Phi) is 5.37. The van der Waals surface area contributed by atoms with E-state index in [4.69, 9.17) is 4.74 Å². The lowest BCUT2D eigenvalue weighted by molar-refractivity contribution is 0.0843. The second kappa shape index (κ2) is 6.65. The molecule has 1 heterocycles. The van der Waals surface area contributed by atoms with Gasteiger partial charge in [0.05, 0.1) is 6.61 Å². The average molecular weight is 200 g/mol. The van der Waals surface area contributed by atoms with Crippen LogP contribution in [0.2, 0.25) is 0 Å². The zero-order valence-corrected chi connectivity index (χ0v) is 8.92. The lowest BCUT2D eigenvalue weighted by Gasteiger charge is -2.20.